The minimum absolute atomic E-state index is 0.0404. The van der Waals surface area contributed by atoms with E-state index in [2.05, 4.69) is 5.32 Å². The van der Waals surface area contributed by atoms with Gasteiger partial charge in [-0.3, -0.25) is 4.79 Å². The Balaban J connectivity index is 1.85. The summed E-state index contributed by atoms with van der Waals surface area (Å²) in [6, 6.07) is 13.8. The van der Waals surface area contributed by atoms with Gasteiger partial charge in [0.15, 0.2) is 6.61 Å². The SMILES string of the molecule is N#CCc1ccc(NC(=O)COC(=O)c2cccc(F)c2)cc1. The van der Waals surface area contributed by atoms with Crippen molar-refractivity contribution in [3.63, 3.8) is 0 Å². The van der Waals surface area contributed by atoms with Gasteiger partial charge in [0.05, 0.1) is 18.1 Å². The molecule has 0 spiro atoms. The summed E-state index contributed by atoms with van der Waals surface area (Å²) in [6.45, 7) is -0.477. The van der Waals surface area contributed by atoms with Crippen molar-refractivity contribution in [2.24, 2.45) is 0 Å². The van der Waals surface area contributed by atoms with Crippen LogP contribution in [0.1, 0.15) is 15.9 Å². The van der Waals surface area contributed by atoms with Gasteiger partial charge in [-0.1, -0.05) is 18.2 Å². The molecule has 0 aliphatic heterocycles. The lowest BCUT2D eigenvalue weighted by Gasteiger charge is -2.07. The van der Waals surface area contributed by atoms with Crippen molar-refractivity contribution in [1.82, 2.24) is 0 Å². The van der Waals surface area contributed by atoms with Crippen molar-refractivity contribution in [2.75, 3.05) is 11.9 Å². The van der Waals surface area contributed by atoms with Crippen molar-refractivity contribution in [3.8, 4) is 6.07 Å². The molecule has 0 heterocycles. The lowest BCUT2D eigenvalue weighted by molar-refractivity contribution is -0.119. The molecule has 0 aromatic heterocycles. The number of carbonyl (C=O) groups is 2. The first-order valence-corrected chi connectivity index (χ1v) is 6.77. The van der Waals surface area contributed by atoms with Gasteiger partial charge in [0.25, 0.3) is 5.91 Å². The molecule has 0 atom stereocenters. The van der Waals surface area contributed by atoms with Crippen LogP contribution < -0.4 is 5.32 Å². The summed E-state index contributed by atoms with van der Waals surface area (Å²) in [5.41, 5.74) is 1.40. The second-order valence-corrected chi connectivity index (χ2v) is 4.67. The maximum Gasteiger partial charge on any atom is 0.338 e. The molecule has 0 bridgehead atoms. The molecule has 1 amide bonds. The van der Waals surface area contributed by atoms with Crippen LogP contribution in [-0.2, 0) is 16.0 Å². The fraction of sp³-hybridized carbons (Fsp3) is 0.118. The number of nitriles is 1. The number of esters is 1. The standard InChI is InChI=1S/C17H13FN2O3/c18-14-3-1-2-13(10-14)17(22)23-11-16(21)20-15-6-4-12(5-7-15)8-9-19/h1-7,10H,8,11H2,(H,20,21). The molecule has 0 radical (unpaired) electrons. The Morgan fingerprint density at radius 3 is 2.57 bits per heavy atom. The highest BCUT2D eigenvalue weighted by Crippen LogP contribution is 2.10. The molecule has 0 saturated heterocycles. The highest BCUT2D eigenvalue weighted by molar-refractivity contribution is 5.95. The Bertz CT molecular complexity index is 751. The number of hydrogen-bond acceptors (Lipinski definition) is 4. The Morgan fingerprint density at radius 2 is 1.91 bits per heavy atom. The van der Waals surface area contributed by atoms with Crippen LogP contribution in [0, 0.1) is 17.1 Å². The quantitative estimate of drug-likeness (QED) is 0.861. The van der Waals surface area contributed by atoms with E-state index in [0.717, 1.165) is 11.6 Å². The summed E-state index contributed by atoms with van der Waals surface area (Å²) >= 11 is 0. The Morgan fingerprint density at radius 1 is 1.17 bits per heavy atom. The van der Waals surface area contributed by atoms with Gasteiger partial charge in [0, 0.05) is 5.69 Å². The first kappa shape index (κ1) is 16.2. The van der Waals surface area contributed by atoms with E-state index in [1.54, 1.807) is 24.3 Å². The van der Waals surface area contributed by atoms with E-state index in [1.807, 2.05) is 6.07 Å². The zero-order valence-corrected chi connectivity index (χ0v) is 12.1. The third kappa shape index (κ3) is 4.93. The second-order valence-electron chi connectivity index (χ2n) is 4.67. The monoisotopic (exact) mass is 312 g/mol. The summed E-state index contributed by atoms with van der Waals surface area (Å²) in [6.07, 6.45) is 0.291. The highest BCUT2D eigenvalue weighted by atomic mass is 19.1. The lowest BCUT2D eigenvalue weighted by atomic mass is 10.1. The number of ether oxygens (including phenoxy) is 1. The number of nitrogens with one attached hydrogen (secondary N) is 1. The molecule has 2 aromatic rings. The van der Waals surface area contributed by atoms with Gasteiger partial charge >= 0.3 is 5.97 Å². The van der Waals surface area contributed by atoms with E-state index < -0.39 is 24.3 Å². The van der Waals surface area contributed by atoms with Crippen LogP contribution in [0.3, 0.4) is 0 Å². The number of carbonyl (C=O) groups excluding carboxylic acids is 2. The van der Waals surface area contributed by atoms with Crippen molar-refractivity contribution in [3.05, 3.63) is 65.5 Å². The second kappa shape index (κ2) is 7.71. The zero-order chi connectivity index (χ0) is 16.7. The van der Waals surface area contributed by atoms with Crippen molar-refractivity contribution >= 4 is 17.6 Å². The smallest absolute Gasteiger partial charge is 0.338 e. The van der Waals surface area contributed by atoms with Crippen LogP contribution in [0.2, 0.25) is 0 Å². The first-order valence-electron chi connectivity index (χ1n) is 6.77. The van der Waals surface area contributed by atoms with E-state index in [4.69, 9.17) is 10.00 Å². The zero-order valence-electron chi connectivity index (χ0n) is 12.1. The highest BCUT2D eigenvalue weighted by Gasteiger charge is 2.11. The van der Waals surface area contributed by atoms with Gasteiger partial charge < -0.3 is 10.1 Å². The molecular formula is C17H13FN2O3. The van der Waals surface area contributed by atoms with Gasteiger partial charge in [-0.2, -0.15) is 5.26 Å². The van der Waals surface area contributed by atoms with Gasteiger partial charge in [-0.15, -0.1) is 0 Å². The number of amides is 1. The normalized spacial score (nSPS) is 9.74. The summed E-state index contributed by atoms with van der Waals surface area (Å²) in [7, 11) is 0. The Kier molecular flexibility index (Phi) is 5.42. The third-order valence-corrected chi connectivity index (χ3v) is 2.92. The number of anilines is 1. The van der Waals surface area contributed by atoms with E-state index in [0.29, 0.717) is 12.1 Å². The molecule has 0 fully saturated rings. The first-order chi connectivity index (χ1) is 11.1. The molecule has 116 valence electrons. The van der Waals surface area contributed by atoms with Crippen LogP contribution in [-0.4, -0.2) is 18.5 Å². The average Bonchev–Trinajstić information content (AvgIpc) is 2.55. The van der Waals surface area contributed by atoms with Crippen molar-refractivity contribution in [2.45, 2.75) is 6.42 Å². The predicted octanol–water partition coefficient (Wildman–Crippen LogP) is 2.69. The molecule has 0 unspecified atom stereocenters. The molecule has 0 aliphatic carbocycles. The fourth-order valence-electron chi connectivity index (χ4n) is 1.82. The predicted molar refractivity (Wildman–Crippen MR) is 81.1 cm³/mol. The molecular weight excluding hydrogens is 299 g/mol. The minimum atomic E-state index is -0.774. The largest absolute Gasteiger partial charge is 0.452 e. The van der Waals surface area contributed by atoms with Crippen LogP contribution in [0.5, 0.6) is 0 Å². The van der Waals surface area contributed by atoms with Gasteiger partial charge in [-0.05, 0) is 35.9 Å². The molecule has 2 rings (SSSR count). The third-order valence-electron chi connectivity index (χ3n) is 2.92. The molecule has 6 heteroatoms. The summed E-state index contributed by atoms with van der Waals surface area (Å²) < 4.78 is 17.8. The van der Waals surface area contributed by atoms with Crippen molar-refractivity contribution in [1.29, 1.82) is 5.26 Å². The lowest BCUT2D eigenvalue weighted by Crippen LogP contribution is -2.21. The molecule has 2 aromatic carbocycles. The van der Waals surface area contributed by atoms with E-state index >= 15 is 0 Å². The van der Waals surface area contributed by atoms with Gasteiger partial charge in [0.1, 0.15) is 5.82 Å². The number of benzene rings is 2. The Hall–Kier alpha value is -3.20. The van der Waals surface area contributed by atoms with E-state index in [9.17, 15) is 14.0 Å². The van der Waals surface area contributed by atoms with Gasteiger partial charge in [-0.25, -0.2) is 9.18 Å². The molecule has 0 saturated carbocycles. The molecule has 1 N–H and O–H groups in total. The average molecular weight is 312 g/mol. The molecule has 5 nitrogen and oxygen atoms in total. The Labute approximate surface area is 132 Å². The van der Waals surface area contributed by atoms with Crippen LogP contribution in [0.15, 0.2) is 48.5 Å². The molecule has 23 heavy (non-hydrogen) atoms. The number of hydrogen-bond donors (Lipinski definition) is 1. The minimum Gasteiger partial charge on any atom is -0.452 e. The fourth-order valence-corrected chi connectivity index (χ4v) is 1.82. The summed E-state index contributed by atoms with van der Waals surface area (Å²) in [5, 5.41) is 11.1. The maximum absolute atomic E-state index is 13.0. The molecule has 0 aliphatic rings. The number of nitrogens with zero attached hydrogens (tertiary/aromatic N) is 1. The topological polar surface area (TPSA) is 79.2 Å². The summed E-state index contributed by atoms with van der Waals surface area (Å²) in [4.78, 5) is 23.4. The number of halogens is 1. The summed E-state index contributed by atoms with van der Waals surface area (Å²) in [5.74, 6) is -1.84. The number of rotatable bonds is 5. The van der Waals surface area contributed by atoms with Crippen LogP contribution >= 0.6 is 0 Å². The van der Waals surface area contributed by atoms with Crippen LogP contribution in [0.4, 0.5) is 10.1 Å². The van der Waals surface area contributed by atoms with E-state index in [-0.39, 0.29) is 5.56 Å². The maximum atomic E-state index is 13.0. The van der Waals surface area contributed by atoms with Crippen molar-refractivity contribution < 1.29 is 18.7 Å². The van der Waals surface area contributed by atoms with Gasteiger partial charge in [0.2, 0.25) is 0 Å². The van der Waals surface area contributed by atoms with E-state index in [1.165, 1.54) is 18.2 Å². The van der Waals surface area contributed by atoms with Crippen LogP contribution in [0.25, 0.3) is 0 Å².